The fourth-order valence-electron chi connectivity index (χ4n) is 3.88. The molecule has 0 bridgehead atoms. The second-order valence-corrected chi connectivity index (χ2v) is 9.42. The van der Waals surface area contributed by atoms with E-state index in [-0.39, 0.29) is 17.4 Å². The van der Waals surface area contributed by atoms with Gasteiger partial charge in [0.2, 0.25) is 0 Å². The number of carbonyl (C=O) groups is 1. The number of para-hydroxylation sites is 1. The third-order valence-electron chi connectivity index (χ3n) is 5.64. The number of rotatable bonds is 5. The summed E-state index contributed by atoms with van der Waals surface area (Å²) in [7, 11) is 0. The molecule has 1 saturated heterocycles. The van der Waals surface area contributed by atoms with Crippen molar-refractivity contribution in [2.45, 2.75) is 12.6 Å². The fourth-order valence-corrected chi connectivity index (χ4v) is 5.32. The Morgan fingerprint density at radius 1 is 1.11 bits per heavy atom. The third kappa shape index (κ3) is 4.55. The molecule has 1 amide bonds. The summed E-state index contributed by atoms with van der Waals surface area (Å²) in [4.78, 5) is 26.6. The summed E-state index contributed by atoms with van der Waals surface area (Å²) < 4.78 is 0. The number of thioether (sulfide) groups is 1. The zero-order chi connectivity index (χ0) is 24.4. The molecule has 1 atom stereocenters. The molecular formula is C26H22ClN5O2S. The predicted octanol–water partition coefficient (Wildman–Crippen LogP) is 5.71. The Kier molecular flexibility index (Phi) is 6.34. The molecule has 3 N–H and O–H groups in total. The van der Waals surface area contributed by atoms with Gasteiger partial charge in [-0.3, -0.25) is 9.69 Å². The van der Waals surface area contributed by atoms with Gasteiger partial charge in [0.1, 0.15) is 0 Å². The van der Waals surface area contributed by atoms with Crippen molar-refractivity contribution >= 4 is 51.6 Å². The van der Waals surface area contributed by atoms with Gasteiger partial charge in [-0.05, 0) is 37.3 Å². The number of anilines is 2. The van der Waals surface area contributed by atoms with E-state index in [4.69, 9.17) is 16.6 Å². The predicted molar refractivity (Wildman–Crippen MR) is 142 cm³/mol. The maximum Gasteiger partial charge on any atom is 0.276 e. The topological polar surface area (TPSA) is 93.6 Å². The van der Waals surface area contributed by atoms with Gasteiger partial charge in [-0.1, -0.05) is 77.5 Å². The minimum atomic E-state index is -1.44. The van der Waals surface area contributed by atoms with Crippen molar-refractivity contribution in [1.82, 2.24) is 9.97 Å². The minimum absolute atomic E-state index is 0.222. The van der Waals surface area contributed by atoms with Crippen LogP contribution in [0.1, 0.15) is 21.6 Å². The molecule has 0 saturated carbocycles. The number of hydrogen-bond acceptors (Lipinski definition) is 5. The number of amides is 1. The molecule has 1 aliphatic heterocycles. The third-order valence-corrected chi connectivity index (χ3v) is 7.05. The molecule has 3 aromatic carbocycles. The molecule has 1 aromatic heterocycles. The Morgan fingerprint density at radius 3 is 2.57 bits per heavy atom. The van der Waals surface area contributed by atoms with Crippen molar-refractivity contribution in [3.8, 4) is 0 Å². The number of imidazole rings is 1. The number of halogens is 1. The summed E-state index contributed by atoms with van der Waals surface area (Å²) in [5.41, 5.74) is 1.86. The Hall–Kier alpha value is -3.59. The van der Waals surface area contributed by atoms with E-state index in [0.29, 0.717) is 27.2 Å². The number of benzene rings is 3. The van der Waals surface area contributed by atoms with Gasteiger partial charge in [-0.2, -0.15) is 0 Å². The first-order valence-corrected chi connectivity index (χ1v) is 12.3. The average Bonchev–Trinajstić information content (AvgIpc) is 3.46. The summed E-state index contributed by atoms with van der Waals surface area (Å²) in [5.74, 6) is 0.155. The van der Waals surface area contributed by atoms with Crippen LogP contribution >= 0.6 is 23.4 Å². The molecule has 1 aliphatic rings. The summed E-state index contributed by atoms with van der Waals surface area (Å²) >= 11 is 7.85. The van der Waals surface area contributed by atoms with Gasteiger partial charge in [0.25, 0.3) is 5.91 Å². The molecule has 1 fully saturated rings. The maximum absolute atomic E-state index is 13.0. The molecule has 2 heterocycles. The first-order chi connectivity index (χ1) is 17.0. The smallest absolute Gasteiger partial charge is 0.276 e. The van der Waals surface area contributed by atoms with Crippen molar-refractivity contribution in [2.24, 2.45) is 4.99 Å². The van der Waals surface area contributed by atoms with E-state index in [1.165, 1.54) is 18.1 Å². The number of carbonyl (C=O) groups excluding carboxylic acids is 1. The number of nitrogens with one attached hydrogen (secondary N) is 2. The lowest BCUT2D eigenvalue weighted by Crippen LogP contribution is -2.45. The lowest BCUT2D eigenvalue weighted by atomic mass is 10.0. The number of hydrogen-bond donors (Lipinski definition) is 3. The summed E-state index contributed by atoms with van der Waals surface area (Å²) in [6.07, 6.45) is 1.43. The quantitative estimate of drug-likeness (QED) is 0.324. The van der Waals surface area contributed by atoms with Gasteiger partial charge >= 0.3 is 0 Å². The van der Waals surface area contributed by atoms with E-state index in [0.717, 1.165) is 11.3 Å². The lowest BCUT2D eigenvalue weighted by molar-refractivity contribution is 0.0769. The van der Waals surface area contributed by atoms with Crippen molar-refractivity contribution in [3.63, 3.8) is 0 Å². The van der Waals surface area contributed by atoms with E-state index in [9.17, 15) is 9.90 Å². The number of H-pyrrole nitrogens is 1. The van der Waals surface area contributed by atoms with Crippen LogP contribution in [0.25, 0.3) is 0 Å². The van der Waals surface area contributed by atoms with Gasteiger partial charge in [0, 0.05) is 22.0 Å². The number of aromatic amines is 1. The summed E-state index contributed by atoms with van der Waals surface area (Å²) in [6.45, 7) is 1.98. The molecule has 1 unspecified atom stereocenters. The molecule has 35 heavy (non-hydrogen) atoms. The Balaban J connectivity index is 1.52. The SMILES string of the molecule is Cc1ccc(NC(=O)c2[nH]cnc2N=C2SCC(O)(c3ccccc3Cl)N2c2ccccc2)cc1. The molecule has 176 valence electrons. The van der Waals surface area contributed by atoms with Crippen LogP contribution < -0.4 is 10.2 Å². The number of aryl methyl sites for hydroxylation is 1. The first kappa shape index (κ1) is 23.2. The largest absolute Gasteiger partial charge is 0.366 e. The van der Waals surface area contributed by atoms with Crippen LogP contribution in [0, 0.1) is 6.92 Å². The molecule has 0 radical (unpaired) electrons. The lowest BCUT2D eigenvalue weighted by Gasteiger charge is -2.35. The monoisotopic (exact) mass is 503 g/mol. The molecule has 9 heteroatoms. The van der Waals surface area contributed by atoms with Crippen LogP contribution in [0.2, 0.25) is 5.02 Å². The number of aliphatic hydroxyl groups is 1. The first-order valence-electron chi connectivity index (χ1n) is 10.9. The number of amidine groups is 1. The highest BCUT2D eigenvalue weighted by atomic mass is 35.5. The van der Waals surface area contributed by atoms with E-state index >= 15 is 0 Å². The molecule has 7 nitrogen and oxygen atoms in total. The highest BCUT2D eigenvalue weighted by Crippen LogP contribution is 2.45. The maximum atomic E-state index is 13.0. The van der Waals surface area contributed by atoms with Crippen LogP contribution in [0.15, 0.2) is 90.2 Å². The van der Waals surface area contributed by atoms with Crippen molar-refractivity contribution in [2.75, 3.05) is 16.0 Å². The zero-order valence-electron chi connectivity index (χ0n) is 18.8. The van der Waals surface area contributed by atoms with Gasteiger partial charge in [-0.25, -0.2) is 9.98 Å². The van der Waals surface area contributed by atoms with E-state index in [1.807, 2.05) is 73.7 Å². The summed E-state index contributed by atoms with van der Waals surface area (Å²) in [6, 6.07) is 24.2. The van der Waals surface area contributed by atoms with Gasteiger partial charge < -0.3 is 15.4 Å². The number of nitrogens with zero attached hydrogens (tertiary/aromatic N) is 3. The Bertz CT molecular complexity index is 1390. The average molecular weight is 504 g/mol. The highest BCUT2D eigenvalue weighted by Gasteiger charge is 2.47. The van der Waals surface area contributed by atoms with Crippen molar-refractivity contribution in [3.05, 3.63) is 107 Å². The normalized spacial score (nSPS) is 18.7. The second-order valence-electron chi connectivity index (χ2n) is 8.07. The van der Waals surface area contributed by atoms with Crippen molar-refractivity contribution in [1.29, 1.82) is 0 Å². The minimum Gasteiger partial charge on any atom is -0.366 e. The Labute approximate surface area is 211 Å². The molecule has 0 aliphatic carbocycles. The zero-order valence-corrected chi connectivity index (χ0v) is 20.3. The van der Waals surface area contributed by atoms with Crippen LogP contribution in [0.4, 0.5) is 17.2 Å². The van der Waals surface area contributed by atoms with Gasteiger partial charge in [0.15, 0.2) is 22.4 Å². The van der Waals surface area contributed by atoms with Crippen LogP contribution in [-0.4, -0.2) is 31.9 Å². The van der Waals surface area contributed by atoms with Gasteiger partial charge in [0.05, 0.1) is 12.1 Å². The van der Waals surface area contributed by atoms with E-state index < -0.39 is 5.72 Å². The van der Waals surface area contributed by atoms with Crippen LogP contribution in [0.3, 0.4) is 0 Å². The van der Waals surface area contributed by atoms with E-state index in [2.05, 4.69) is 15.3 Å². The number of aromatic nitrogens is 2. The van der Waals surface area contributed by atoms with Crippen LogP contribution in [0.5, 0.6) is 0 Å². The standard InChI is InChI=1S/C26H22ClN5O2S/c1-17-11-13-18(14-12-17)30-24(33)22-23(29-16-28-22)31-25-32(19-7-3-2-4-8-19)26(34,15-35-25)20-9-5-6-10-21(20)27/h2-14,16,34H,15H2,1H3,(H,28,29)(H,30,33). The highest BCUT2D eigenvalue weighted by molar-refractivity contribution is 8.14. The molecule has 5 rings (SSSR count). The van der Waals surface area contributed by atoms with Crippen LogP contribution in [-0.2, 0) is 5.72 Å². The second kappa shape index (κ2) is 9.58. The van der Waals surface area contributed by atoms with E-state index in [1.54, 1.807) is 17.0 Å². The molecule has 4 aromatic rings. The Morgan fingerprint density at radius 2 is 1.83 bits per heavy atom. The molecular weight excluding hydrogens is 482 g/mol. The molecule has 0 spiro atoms. The van der Waals surface area contributed by atoms with Crippen molar-refractivity contribution < 1.29 is 9.90 Å². The summed E-state index contributed by atoms with van der Waals surface area (Å²) in [5, 5.41) is 15.7. The fraction of sp³-hybridized carbons (Fsp3) is 0.115. The number of aliphatic imine (C=N–C) groups is 1. The van der Waals surface area contributed by atoms with Gasteiger partial charge in [-0.15, -0.1) is 0 Å².